The maximum Gasteiger partial charge on any atom is 0.373 e. The molecule has 2 rings (SSSR count). The average molecular weight is 936 g/mol. The topological polar surface area (TPSA) is 321 Å². The molecule has 0 spiro atoms. The molecule has 2 aromatic rings. The summed E-state index contributed by atoms with van der Waals surface area (Å²) in [5.41, 5.74) is 6.88. The van der Waals surface area contributed by atoms with E-state index in [0.717, 1.165) is 43.0 Å². The van der Waals surface area contributed by atoms with Crippen LogP contribution < -0.4 is 5.73 Å². The fourth-order valence-electron chi connectivity index (χ4n) is 2.61. The van der Waals surface area contributed by atoms with Crippen molar-refractivity contribution >= 4 is 61.2 Å². The number of hydrogen-bond acceptors (Lipinski definition) is 22. The predicted molar refractivity (Wildman–Crippen MR) is 228 cm³/mol. The number of aryl methyl sites for hydroxylation is 3. The Bertz CT molecular complexity index is 1250. The minimum Gasteiger partial charge on any atom is -0.471 e. The quantitative estimate of drug-likeness (QED) is 0.193. The van der Waals surface area contributed by atoms with Crippen molar-refractivity contribution in [3.8, 4) is 0 Å². The zero-order valence-electron chi connectivity index (χ0n) is 39.7. The van der Waals surface area contributed by atoms with Crippen LogP contribution in [0.15, 0.2) is 21.4 Å². The van der Waals surface area contributed by atoms with E-state index < -0.39 is 0 Å². The van der Waals surface area contributed by atoms with Gasteiger partial charge in [-0.05, 0) is 26.2 Å². The van der Waals surface area contributed by atoms with E-state index in [2.05, 4.69) is 45.3 Å². The summed E-state index contributed by atoms with van der Waals surface area (Å²) in [6.45, 7) is 12.6. The first-order chi connectivity index (χ1) is 29.4. The lowest BCUT2D eigenvalue weighted by atomic mass is 10.1. The smallest absolute Gasteiger partial charge is 0.373 e. The van der Waals surface area contributed by atoms with E-state index >= 15 is 0 Å². The largest absolute Gasteiger partial charge is 0.471 e. The van der Waals surface area contributed by atoms with E-state index in [-0.39, 0.29) is 54.8 Å². The lowest BCUT2D eigenvalue weighted by molar-refractivity contribution is -0.193. The third kappa shape index (κ3) is 141. The molecule has 0 aliphatic heterocycles. The number of oxazole rings is 2. The molecule has 0 atom stereocenters. The maximum atomic E-state index is 10.8. The van der Waals surface area contributed by atoms with Gasteiger partial charge in [0.1, 0.15) is 29.9 Å². The van der Waals surface area contributed by atoms with Gasteiger partial charge in [0, 0.05) is 103 Å². The summed E-state index contributed by atoms with van der Waals surface area (Å²) in [7, 11) is 14.3. The molecule has 0 bridgehead atoms. The summed E-state index contributed by atoms with van der Waals surface area (Å²) in [5.74, 6) is 1.86. The molecule has 0 amide bonds. The van der Waals surface area contributed by atoms with Crippen LogP contribution in [-0.2, 0) is 94.0 Å². The van der Waals surface area contributed by atoms with Crippen molar-refractivity contribution in [1.29, 1.82) is 0 Å². The van der Waals surface area contributed by atoms with Crippen molar-refractivity contribution in [2.24, 2.45) is 5.73 Å². The summed E-state index contributed by atoms with van der Waals surface area (Å²) in [6.07, 6.45) is 10.7. The Morgan fingerprint density at radius 1 is 0.603 bits per heavy atom. The number of ether oxygens (including phenoxy) is 6. The molecule has 370 valence electrons. The molecular formula is C40H74ClN3O19. The van der Waals surface area contributed by atoms with Crippen molar-refractivity contribution < 1.29 is 90.0 Å². The molecule has 0 fully saturated rings. The highest BCUT2D eigenvalue weighted by Crippen LogP contribution is 2.02. The van der Waals surface area contributed by atoms with Crippen LogP contribution in [-0.4, -0.2) is 136 Å². The molecule has 0 aliphatic rings. The van der Waals surface area contributed by atoms with Gasteiger partial charge >= 0.3 is 18.5 Å². The Labute approximate surface area is 378 Å². The molecule has 2 aromatic heterocycles. The monoisotopic (exact) mass is 935 g/mol. The van der Waals surface area contributed by atoms with Crippen molar-refractivity contribution in [2.75, 3.05) is 77.1 Å². The summed E-state index contributed by atoms with van der Waals surface area (Å²) in [6, 6.07) is 0. The van der Waals surface area contributed by atoms with Gasteiger partial charge in [-0.3, -0.25) is 19.2 Å². The maximum absolute atomic E-state index is 10.8. The van der Waals surface area contributed by atoms with Gasteiger partial charge in [0.15, 0.2) is 11.8 Å². The number of carbonyl (C=O) groups is 5. The minimum atomic E-state index is 0. The van der Waals surface area contributed by atoms with Gasteiger partial charge in [0.2, 0.25) is 0 Å². The van der Waals surface area contributed by atoms with Gasteiger partial charge in [0.25, 0.3) is 12.9 Å². The first-order valence-electron chi connectivity index (χ1n) is 18.1. The highest BCUT2D eigenvalue weighted by Gasteiger charge is 2.01. The van der Waals surface area contributed by atoms with Gasteiger partial charge in [-0.2, -0.15) is 28.8 Å². The molecule has 0 aromatic carbocycles. The van der Waals surface area contributed by atoms with Crippen LogP contribution in [0.5, 0.6) is 0 Å². The molecule has 0 aliphatic carbocycles. The Balaban J connectivity index is -0.0000000543. The molecule has 63 heavy (non-hydrogen) atoms. The number of halogens is 1. The fourth-order valence-corrected chi connectivity index (χ4v) is 2.61. The SMILES string of the molecule is CCCC(=O)CCC(C)=O.CCCC(=O)CN.CCCc1coc(C)n1.COC.COC.COC.COC.COC=O.Cc1nc(CCOC=O)co1.Cl.O=C=O.O=C=O.O=C=O. The van der Waals surface area contributed by atoms with Gasteiger partial charge in [-0.1, -0.05) is 27.2 Å². The molecular weight excluding hydrogens is 862 g/mol. The lowest BCUT2D eigenvalue weighted by Gasteiger charge is -1.93. The normalized spacial score (nSPS) is 7.43. The van der Waals surface area contributed by atoms with Crippen LogP contribution in [0.2, 0.25) is 0 Å². The number of hydrogen-bond donors (Lipinski definition) is 1. The number of aromatic nitrogens is 2. The van der Waals surface area contributed by atoms with Crippen LogP contribution >= 0.6 is 12.4 Å². The second-order valence-electron chi connectivity index (χ2n) is 10.4. The van der Waals surface area contributed by atoms with Gasteiger partial charge in [-0.15, -0.1) is 12.4 Å². The second kappa shape index (κ2) is 92.0. The fraction of sp³-hybridized carbons (Fsp3) is 0.650. The molecule has 2 heterocycles. The van der Waals surface area contributed by atoms with Gasteiger partial charge < -0.3 is 47.8 Å². The molecule has 2 N–H and O–H groups in total. The Morgan fingerprint density at radius 2 is 0.921 bits per heavy atom. The Hall–Kier alpha value is -5.40. The lowest BCUT2D eigenvalue weighted by Crippen LogP contribution is -2.12. The van der Waals surface area contributed by atoms with Crippen LogP contribution in [0.4, 0.5) is 0 Å². The third-order valence-corrected chi connectivity index (χ3v) is 4.52. The molecule has 23 heteroatoms. The molecule has 0 saturated heterocycles. The first kappa shape index (κ1) is 85.0. The number of Topliss-reactive ketones (excluding diaryl/α,β-unsaturated/α-hetero) is 3. The van der Waals surface area contributed by atoms with E-state index in [1.165, 1.54) is 14.0 Å². The standard InChI is InChI=1S/C8H14O2.C7H9NO3.C7H11NO.C5H11NO.C2H4O2.4C2H6O.3CO2.ClH/c1-3-4-8(10)6-5-7(2)9;1-6-8-7(4-11-6)2-3-10-5-9;1-3-4-7-5-9-6(2)8-7;1-2-3-5(7)4-6;1-4-2-3;4*1-3-2;3*2-1-3;/h3-6H2,1-2H3;4-5H,2-3H2,1H3;5H,3-4H2,1-2H3;2-4,6H2,1H3;2H,1H3;4*1-2H3;;;;1H. The van der Waals surface area contributed by atoms with Crippen LogP contribution in [0.3, 0.4) is 0 Å². The zero-order valence-corrected chi connectivity index (χ0v) is 40.5. The highest BCUT2D eigenvalue weighted by molar-refractivity contribution is 5.85. The number of methoxy groups -OCH3 is 5. The highest BCUT2D eigenvalue weighted by atomic mass is 35.5. The van der Waals surface area contributed by atoms with Crippen LogP contribution in [0, 0.1) is 13.8 Å². The summed E-state index contributed by atoms with van der Waals surface area (Å²) in [4.78, 5) is 107. The Morgan fingerprint density at radius 3 is 1.13 bits per heavy atom. The minimum absolute atomic E-state index is 0. The summed E-state index contributed by atoms with van der Waals surface area (Å²) in [5, 5.41) is 0. The van der Waals surface area contributed by atoms with E-state index in [0.29, 0.717) is 57.5 Å². The number of nitrogens with zero attached hydrogens (tertiary/aromatic N) is 2. The van der Waals surface area contributed by atoms with Crippen LogP contribution in [0.25, 0.3) is 0 Å². The number of nitrogens with two attached hydrogens (primary N) is 1. The summed E-state index contributed by atoms with van der Waals surface area (Å²) < 4.78 is 35.3. The zero-order chi connectivity index (χ0) is 50.8. The van der Waals surface area contributed by atoms with E-state index in [9.17, 15) is 19.2 Å². The van der Waals surface area contributed by atoms with Crippen molar-refractivity contribution in [1.82, 2.24) is 9.97 Å². The average Bonchev–Trinajstić information content (AvgIpc) is 3.84. The van der Waals surface area contributed by atoms with Gasteiger partial charge in [-0.25, -0.2) is 9.97 Å². The van der Waals surface area contributed by atoms with Crippen LogP contribution in [0.1, 0.15) is 95.8 Å². The number of rotatable bonds is 15. The molecule has 22 nitrogen and oxygen atoms in total. The van der Waals surface area contributed by atoms with Crippen molar-refractivity contribution in [3.05, 3.63) is 35.7 Å². The van der Waals surface area contributed by atoms with Gasteiger partial charge in [0.05, 0.1) is 31.6 Å². The molecule has 0 unspecified atom stereocenters. The van der Waals surface area contributed by atoms with Crippen molar-refractivity contribution in [3.63, 3.8) is 0 Å². The number of ketones is 3. The predicted octanol–water partition coefficient (Wildman–Crippen LogP) is 4.18. The molecule has 0 saturated carbocycles. The van der Waals surface area contributed by atoms with E-state index in [4.69, 9.17) is 48.1 Å². The molecule has 0 radical (unpaired) electrons. The first-order valence-corrected chi connectivity index (χ1v) is 18.1. The van der Waals surface area contributed by atoms with E-state index in [1.54, 1.807) is 76.3 Å². The van der Waals surface area contributed by atoms with Crippen molar-refractivity contribution in [2.45, 2.75) is 99.3 Å². The third-order valence-electron chi connectivity index (χ3n) is 4.52. The second-order valence-corrected chi connectivity index (χ2v) is 10.4. The number of carbonyl (C=O) groups excluding carboxylic acids is 11. The van der Waals surface area contributed by atoms with E-state index in [1.807, 2.05) is 20.8 Å². The summed E-state index contributed by atoms with van der Waals surface area (Å²) >= 11 is 0. The Kier molecular flexibility index (Phi) is 124.